The van der Waals surface area contributed by atoms with Crippen molar-refractivity contribution in [1.29, 1.82) is 0 Å². The molecule has 4 nitrogen and oxygen atoms in total. The van der Waals surface area contributed by atoms with Gasteiger partial charge in [-0.25, -0.2) is 9.59 Å². The van der Waals surface area contributed by atoms with E-state index in [0.29, 0.717) is 12.5 Å². The van der Waals surface area contributed by atoms with Gasteiger partial charge in [0.2, 0.25) is 0 Å². The number of nitrogens with zero attached hydrogens (tertiary/aromatic N) is 1. The summed E-state index contributed by atoms with van der Waals surface area (Å²) < 4.78 is 4.51. The van der Waals surface area contributed by atoms with Crippen molar-refractivity contribution in [3.8, 4) is 0 Å². The molecule has 0 radical (unpaired) electrons. The molecule has 0 N–H and O–H groups in total. The highest BCUT2D eigenvalue weighted by Gasteiger charge is 2.48. The lowest BCUT2D eigenvalue weighted by molar-refractivity contribution is -0.136. The second-order valence-corrected chi connectivity index (χ2v) is 3.28. The van der Waals surface area contributed by atoms with E-state index < -0.39 is 6.09 Å². The van der Waals surface area contributed by atoms with E-state index in [4.69, 9.17) is 0 Å². The van der Waals surface area contributed by atoms with E-state index in [1.54, 1.807) is 0 Å². The maximum absolute atomic E-state index is 11.2. The summed E-state index contributed by atoms with van der Waals surface area (Å²) in [5, 5.41) is 0. The van der Waals surface area contributed by atoms with Gasteiger partial charge in [-0.15, -0.1) is 0 Å². The largest absolute Gasteiger partial charge is 0.418 e. The summed E-state index contributed by atoms with van der Waals surface area (Å²) in [6, 6.07) is -0.275. The average Bonchev–Trinajstić information content (AvgIpc) is 2.55. The fourth-order valence-electron chi connectivity index (χ4n) is 2.01. The Morgan fingerprint density at radius 1 is 1.58 bits per heavy atom. The molecule has 4 heteroatoms. The molecule has 2 aliphatic rings. The Bertz CT molecular complexity index is 238. The first kappa shape index (κ1) is 7.58. The number of rotatable bonds is 1. The normalized spacial score (nSPS) is 33.9. The van der Waals surface area contributed by atoms with E-state index in [1.807, 2.05) is 6.92 Å². The predicted molar refractivity (Wildman–Crippen MR) is 40.4 cm³/mol. The highest BCUT2D eigenvalue weighted by atomic mass is 16.6. The maximum atomic E-state index is 11.2. The first-order valence-electron chi connectivity index (χ1n) is 4.26. The Kier molecular flexibility index (Phi) is 1.56. The third kappa shape index (κ3) is 0.838. The average molecular weight is 169 g/mol. The fraction of sp³-hybridized carbons (Fsp3) is 0.750. The van der Waals surface area contributed by atoms with E-state index in [-0.39, 0.29) is 12.0 Å². The Morgan fingerprint density at radius 3 is 3.00 bits per heavy atom. The molecule has 0 aromatic heterocycles. The highest BCUT2D eigenvalue weighted by Crippen LogP contribution is 2.32. The number of cyclic esters (lactones) is 2. The molecule has 2 atom stereocenters. The van der Waals surface area contributed by atoms with Crippen LogP contribution in [0.25, 0.3) is 0 Å². The van der Waals surface area contributed by atoms with Gasteiger partial charge in [0.15, 0.2) is 0 Å². The van der Waals surface area contributed by atoms with Gasteiger partial charge in [-0.2, -0.15) is 0 Å². The van der Waals surface area contributed by atoms with Crippen molar-refractivity contribution in [2.24, 2.45) is 5.92 Å². The molecule has 0 spiro atoms. The molecular weight excluding hydrogens is 158 g/mol. The van der Waals surface area contributed by atoms with Gasteiger partial charge in [0.1, 0.15) is 6.04 Å². The van der Waals surface area contributed by atoms with E-state index in [0.717, 1.165) is 12.8 Å². The third-order valence-electron chi connectivity index (χ3n) is 2.71. The number of esters is 1. The smallest absolute Gasteiger partial charge is 0.375 e. The molecule has 2 fully saturated rings. The topological polar surface area (TPSA) is 46.6 Å². The van der Waals surface area contributed by atoms with Gasteiger partial charge in [0.05, 0.1) is 0 Å². The summed E-state index contributed by atoms with van der Waals surface area (Å²) in [5.41, 5.74) is 0. The Morgan fingerprint density at radius 2 is 2.33 bits per heavy atom. The Labute approximate surface area is 70.5 Å². The van der Waals surface area contributed by atoms with E-state index in [9.17, 15) is 9.59 Å². The van der Waals surface area contributed by atoms with Crippen LogP contribution in [0.2, 0.25) is 0 Å². The zero-order valence-electron chi connectivity index (χ0n) is 6.95. The van der Waals surface area contributed by atoms with Crippen LogP contribution in [0.15, 0.2) is 0 Å². The quantitative estimate of drug-likeness (QED) is 0.430. The van der Waals surface area contributed by atoms with Crippen molar-refractivity contribution >= 4 is 12.1 Å². The molecule has 2 rings (SSSR count). The van der Waals surface area contributed by atoms with Crippen molar-refractivity contribution in [3.63, 3.8) is 0 Å². The lowest BCUT2D eigenvalue weighted by atomic mass is 9.98. The molecule has 2 aliphatic heterocycles. The van der Waals surface area contributed by atoms with Gasteiger partial charge in [0, 0.05) is 6.54 Å². The van der Waals surface area contributed by atoms with Gasteiger partial charge in [-0.05, 0) is 12.3 Å². The molecule has 0 unspecified atom stereocenters. The number of hydrogen-bond donors (Lipinski definition) is 0. The van der Waals surface area contributed by atoms with Gasteiger partial charge >= 0.3 is 12.1 Å². The standard InChI is InChI=1S/C8H11NO3/c1-2-5-3-4-9-6(5)7(10)12-8(9)11/h5-6H,2-4H2,1H3/t5-,6-/m0/s1. The minimum Gasteiger partial charge on any atom is -0.375 e. The van der Waals surface area contributed by atoms with Gasteiger partial charge in [0.25, 0.3) is 0 Å². The van der Waals surface area contributed by atoms with Gasteiger partial charge in [-0.1, -0.05) is 13.3 Å². The zero-order chi connectivity index (χ0) is 8.72. The summed E-state index contributed by atoms with van der Waals surface area (Å²) in [6.07, 6.45) is 1.41. The van der Waals surface area contributed by atoms with Crippen LogP contribution in [0.1, 0.15) is 19.8 Å². The minimum absolute atomic E-state index is 0.275. The Hall–Kier alpha value is -1.06. The number of carbonyl (C=O) groups excluding carboxylic acids is 2. The summed E-state index contributed by atoms with van der Waals surface area (Å²) in [7, 11) is 0. The van der Waals surface area contributed by atoms with Crippen molar-refractivity contribution < 1.29 is 14.3 Å². The number of carbonyl (C=O) groups is 2. The minimum atomic E-state index is -0.457. The van der Waals surface area contributed by atoms with Crippen LogP contribution >= 0.6 is 0 Å². The van der Waals surface area contributed by atoms with Crippen LogP contribution in [0.4, 0.5) is 4.79 Å². The molecular formula is C8H11NO3. The molecule has 1 amide bonds. The number of hydrogen-bond acceptors (Lipinski definition) is 3. The summed E-state index contributed by atoms with van der Waals surface area (Å²) in [6.45, 7) is 2.71. The first-order chi connectivity index (χ1) is 5.74. The van der Waals surface area contributed by atoms with E-state index >= 15 is 0 Å². The molecule has 66 valence electrons. The van der Waals surface area contributed by atoms with Crippen molar-refractivity contribution in [1.82, 2.24) is 4.90 Å². The molecule has 0 saturated carbocycles. The highest BCUT2D eigenvalue weighted by molar-refractivity contribution is 5.96. The van der Waals surface area contributed by atoms with Crippen molar-refractivity contribution in [2.45, 2.75) is 25.8 Å². The molecule has 12 heavy (non-hydrogen) atoms. The molecule has 0 bridgehead atoms. The number of amides is 1. The van der Waals surface area contributed by atoms with Crippen LogP contribution in [-0.4, -0.2) is 29.5 Å². The molecule has 0 aliphatic carbocycles. The second kappa shape index (κ2) is 2.47. The van der Waals surface area contributed by atoms with E-state index in [1.165, 1.54) is 4.90 Å². The Balaban J connectivity index is 2.22. The van der Waals surface area contributed by atoms with Crippen LogP contribution in [0.5, 0.6) is 0 Å². The van der Waals surface area contributed by atoms with Gasteiger partial charge < -0.3 is 4.74 Å². The van der Waals surface area contributed by atoms with Crippen LogP contribution < -0.4 is 0 Å². The summed E-state index contributed by atoms with van der Waals surface area (Å²) in [5.74, 6) is -0.0479. The molecule has 2 saturated heterocycles. The maximum Gasteiger partial charge on any atom is 0.418 e. The third-order valence-corrected chi connectivity index (χ3v) is 2.71. The molecule has 0 aromatic rings. The monoisotopic (exact) mass is 169 g/mol. The fourth-order valence-corrected chi connectivity index (χ4v) is 2.01. The lowest BCUT2D eigenvalue weighted by Gasteiger charge is -2.12. The summed E-state index contributed by atoms with van der Waals surface area (Å²) in [4.78, 5) is 23.7. The number of ether oxygens (including phenoxy) is 1. The predicted octanol–water partition coefficient (Wildman–Crippen LogP) is 0.764. The molecule has 2 heterocycles. The summed E-state index contributed by atoms with van der Waals surface area (Å²) >= 11 is 0. The van der Waals surface area contributed by atoms with Crippen LogP contribution in [0.3, 0.4) is 0 Å². The van der Waals surface area contributed by atoms with Crippen LogP contribution in [-0.2, 0) is 9.53 Å². The molecule has 0 aromatic carbocycles. The first-order valence-corrected chi connectivity index (χ1v) is 4.26. The SMILES string of the molecule is CC[C@H]1CCN2C(=O)OC(=O)[C@H]12. The van der Waals surface area contributed by atoms with Crippen LogP contribution in [0, 0.1) is 5.92 Å². The van der Waals surface area contributed by atoms with Crippen molar-refractivity contribution in [3.05, 3.63) is 0 Å². The lowest BCUT2D eigenvalue weighted by Crippen LogP contribution is -2.32. The zero-order valence-corrected chi connectivity index (χ0v) is 6.95. The number of fused-ring (bicyclic) bond motifs is 1. The van der Waals surface area contributed by atoms with Crippen molar-refractivity contribution in [2.75, 3.05) is 6.54 Å². The van der Waals surface area contributed by atoms with E-state index in [2.05, 4.69) is 4.74 Å². The second-order valence-electron chi connectivity index (χ2n) is 3.28. The van der Waals surface area contributed by atoms with Gasteiger partial charge in [-0.3, -0.25) is 4.90 Å².